The van der Waals surface area contributed by atoms with Gasteiger partial charge < -0.3 is 15.3 Å². The molecule has 0 aromatic heterocycles. The van der Waals surface area contributed by atoms with Gasteiger partial charge in [0.2, 0.25) is 0 Å². The maximum absolute atomic E-state index is 12.7. The van der Waals surface area contributed by atoms with E-state index in [1.54, 1.807) is 0 Å². The second-order valence-electron chi connectivity index (χ2n) is 9.65. The van der Waals surface area contributed by atoms with Gasteiger partial charge in [-0.2, -0.15) is 8.42 Å². The van der Waals surface area contributed by atoms with Gasteiger partial charge in [-0.25, -0.2) is 0 Å². The van der Waals surface area contributed by atoms with Gasteiger partial charge in [-0.1, -0.05) is 117 Å². The summed E-state index contributed by atoms with van der Waals surface area (Å²) in [6.07, 6.45) is 17.9. The fourth-order valence-electron chi connectivity index (χ4n) is 4.14. The summed E-state index contributed by atoms with van der Waals surface area (Å²) >= 11 is 0. The molecular formula is C26H54O6S. The average molecular weight is 495 g/mol. The lowest BCUT2D eigenvalue weighted by Gasteiger charge is -2.21. The van der Waals surface area contributed by atoms with Crippen LogP contribution in [0.15, 0.2) is 0 Å². The number of hydrogen-bond donors (Lipinski definition) is 3. The summed E-state index contributed by atoms with van der Waals surface area (Å²) < 4.78 is 30.4. The lowest BCUT2D eigenvalue weighted by molar-refractivity contribution is 0.0546. The molecule has 0 aromatic carbocycles. The first-order valence-corrected chi connectivity index (χ1v) is 15.2. The van der Waals surface area contributed by atoms with Crippen molar-refractivity contribution in [2.75, 3.05) is 13.2 Å². The molecule has 0 amide bonds. The van der Waals surface area contributed by atoms with Crippen molar-refractivity contribution < 1.29 is 27.9 Å². The number of aliphatic hydroxyl groups is 3. The Bertz CT molecular complexity index is 511. The molecule has 0 aliphatic heterocycles. The number of hydrogen-bond acceptors (Lipinski definition) is 6. The molecule has 3 N–H and O–H groups in total. The van der Waals surface area contributed by atoms with Gasteiger partial charge >= 0.3 is 0 Å². The zero-order chi connectivity index (χ0) is 24.8. The highest BCUT2D eigenvalue weighted by atomic mass is 32.2. The zero-order valence-electron chi connectivity index (χ0n) is 21.6. The van der Waals surface area contributed by atoms with Gasteiger partial charge in [0.1, 0.15) is 6.10 Å². The van der Waals surface area contributed by atoms with Gasteiger partial charge in [-0.05, 0) is 19.3 Å². The van der Waals surface area contributed by atoms with Crippen LogP contribution in [0.25, 0.3) is 0 Å². The maximum Gasteiger partial charge on any atom is 0.270 e. The first kappa shape index (κ1) is 32.8. The van der Waals surface area contributed by atoms with E-state index in [2.05, 4.69) is 13.8 Å². The predicted molar refractivity (Wildman–Crippen MR) is 137 cm³/mol. The van der Waals surface area contributed by atoms with E-state index >= 15 is 0 Å². The van der Waals surface area contributed by atoms with Crippen molar-refractivity contribution in [2.24, 2.45) is 0 Å². The van der Waals surface area contributed by atoms with E-state index in [-0.39, 0.29) is 6.42 Å². The molecule has 0 aromatic rings. The van der Waals surface area contributed by atoms with Crippen molar-refractivity contribution in [3.8, 4) is 0 Å². The van der Waals surface area contributed by atoms with E-state index in [0.29, 0.717) is 12.8 Å². The maximum atomic E-state index is 12.7. The summed E-state index contributed by atoms with van der Waals surface area (Å²) in [6, 6.07) is 0. The number of aliphatic hydroxyl groups excluding tert-OH is 3. The van der Waals surface area contributed by atoms with Crippen molar-refractivity contribution in [1.82, 2.24) is 0 Å². The van der Waals surface area contributed by atoms with Gasteiger partial charge in [-0.3, -0.25) is 4.18 Å². The molecule has 3 unspecified atom stereocenters. The van der Waals surface area contributed by atoms with E-state index in [0.717, 1.165) is 32.1 Å². The minimum Gasteiger partial charge on any atom is -0.394 e. The molecule has 0 fully saturated rings. The van der Waals surface area contributed by atoms with Crippen LogP contribution in [0.1, 0.15) is 136 Å². The molecule has 0 aliphatic carbocycles. The molecule has 0 rings (SSSR count). The first-order valence-electron chi connectivity index (χ1n) is 13.7. The van der Waals surface area contributed by atoms with Crippen molar-refractivity contribution >= 4 is 10.1 Å². The fraction of sp³-hybridized carbons (Fsp3) is 1.00. The fourth-order valence-corrected chi connectivity index (χ4v) is 5.60. The van der Waals surface area contributed by atoms with Crippen LogP contribution in [0.2, 0.25) is 0 Å². The smallest absolute Gasteiger partial charge is 0.270 e. The molecule has 3 atom stereocenters. The molecule has 0 aliphatic rings. The van der Waals surface area contributed by atoms with Crippen molar-refractivity contribution in [1.29, 1.82) is 0 Å². The van der Waals surface area contributed by atoms with Crippen molar-refractivity contribution in [2.45, 2.75) is 153 Å². The minimum atomic E-state index is -3.91. The third-order valence-corrected chi connectivity index (χ3v) is 8.06. The summed E-state index contributed by atoms with van der Waals surface area (Å²) in [6.45, 7) is 3.43. The normalized spacial score (nSPS) is 14.9. The molecule has 0 saturated heterocycles. The van der Waals surface area contributed by atoms with Crippen molar-refractivity contribution in [3.05, 3.63) is 0 Å². The zero-order valence-corrected chi connectivity index (χ0v) is 22.4. The van der Waals surface area contributed by atoms with Crippen LogP contribution in [-0.4, -0.2) is 54.4 Å². The Kier molecular flexibility index (Phi) is 22.1. The molecule has 0 spiro atoms. The van der Waals surface area contributed by atoms with Gasteiger partial charge in [-0.15, -0.1) is 0 Å². The van der Waals surface area contributed by atoms with Crippen molar-refractivity contribution in [3.63, 3.8) is 0 Å². The Morgan fingerprint density at radius 1 is 0.636 bits per heavy atom. The molecule has 6 nitrogen and oxygen atoms in total. The summed E-state index contributed by atoms with van der Waals surface area (Å²) in [5, 5.41) is 28.1. The second-order valence-corrected chi connectivity index (χ2v) is 11.5. The highest BCUT2D eigenvalue weighted by Crippen LogP contribution is 2.22. The van der Waals surface area contributed by atoms with Crippen LogP contribution >= 0.6 is 0 Å². The minimum absolute atomic E-state index is 0.171. The van der Waals surface area contributed by atoms with E-state index in [1.807, 2.05) is 0 Å². The standard InChI is InChI=1S/C26H54O6S/c1-3-5-7-9-11-13-15-17-19-24(28)21-26(33(30,31)32-23-25(29)22-27)20-18-16-14-12-10-8-6-4-2/h24-29H,3-23H2,1-2H3. The average Bonchev–Trinajstić information content (AvgIpc) is 2.80. The van der Waals surface area contributed by atoms with Crippen LogP contribution in [0, 0.1) is 0 Å². The first-order chi connectivity index (χ1) is 15.9. The number of rotatable bonds is 25. The van der Waals surface area contributed by atoms with Gasteiger partial charge in [0, 0.05) is 0 Å². The van der Waals surface area contributed by atoms with Gasteiger partial charge in [0.25, 0.3) is 10.1 Å². The van der Waals surface area contributed by atoms with Crippen LogP contribution in [0.4, 0.5) is 0 Å². The van der Waals surface area contributed by atoms with Crippen LogP contribution in [0.5, 0.6) is 0 Å². The number of unbranched alkanes of at least 4 members (excludes halogenated alkanes) is 14. The molecule has 33 heavy (non-hydrogen) atoms. The third kappa shape index (κ3) is 19.8. The summed E-state index contributed by atoms with van der Waals surface area (Å²) in [5.74, 6) is 0. The van der Waals surface area contributed by atoms with Crippen LogP contribution < -0.4 is 0 Å². The van der Waals surface area contributed by atoms with Crippen LogP contribution in [0.3, 0.4) is 0 Å². The van der Waals surface area contributed by atoms with Crippen LogP contribution in [-0.2, 0) is 14.3 Å². The highest BCUT2D eigenvalue weighted by molar-refractivity contribution is 7.87. The second kappa shape index (κ2) is 22.3. The predicted octanol–water partition coefficient (Wildman–Crippen LogP) is 5.87. The Morgan fingerprint density at radius 3 is 1.52 bits per heavy atom. The summed E-state index contributed by atoms with van der Waals surface area (Å²) in [5.41, 5.74) is 0. The largest absolute Gasteiger partial charge is 0.394 e. The quantitative estimate of drug-likeness (QED) is 0.108. The molecule has 0 saturated carbocycles. The van der Waals surface area contributed by atoms with E-state index in [1.165, 1.54) is 70.6 Å². The molecule has 0 bridgehead atoms. The van der Waals surface area contributed by atoms with E-state index < -0.39 is 40.8 Å². The van der Waals surface area contributed by atoms with Gasteiger partial charge in [0.15, 0.2) is 0 Å². The Morgan fingerprint density at radius 2 is 1.06 bits per heavy atom. The van der Waals surface area contributed by atoms with E-state index in [9.17, 15) is 18.6 Å². The lowest BCUT2D eigenvalue weighted by Crippen LogP contribution is -2.31. The molecule has 0 heterocycles. The molecule has 0 radical (unpaired) electrons. The Labute approximate surface area is 204 Å². The third-order valence-electron chi connectivity index (χ3n) is 6.35. The van der Waals surface area contributed by atoms with E-state index in [4.69, 9.17) is 9.29 Å². The topological polar surface area (TPSA) is 104 Å². The highest BCUT2D eigenvalue weighted by Gasteiger charge is 2.29. The SMILES string of the molecule is CCCCCCCCCCC(O)CC(CCCCCCCCCC)S(=O)(=O)OCC(O)CO. The summed E-state index contributed by atoms with van der Waals surface area (Å²) in [4.78, 5) is 0. The lowest BCUT2D eigenvalue weighted by atomic mass is 10.0. The molecule has 7 heteroatoms. The van der Waals surface area contributed by atoms with Gasteiger partial charge in [0.05, 0.1) is 24.6 Å². The summed E-state index contributed by atoms with van der Waals surface area (Å²) in [7, 11) is -3.91. The molecule has 200 valence electrons. The Balaban J connectivity index is 4.42. The molecular weight excluding hydrogens is 440 g/mol. The Hall–Kier alpha value is -0.210. The monoisotopic (exact) mass is 494 g/mol.